The van der Waals surface area contributed by atoms with E-state index >= 15 is 0 Å². The Morgan fingerprint density at radius 3 is 2.07 bits per heavy atom. The molecule has 0 saturated heterocycles. The SMILES string of the molecule is CCCCCCCCCCCCCCCCOCCCOP(=O)(O)CO[C@@H](COC)Cn1cnc2c(OC)ncnc21. The van der Waals surface area contributed by atoms with Gasteiger partial charge in [0.25, 0.3) is 0 Å². The van der Waals surface area contributed by atoms with Gasteiger partial charge in [-0.25, -0.2) is 9.97 Å². The number of hydrogen-bond acceptors (Lipinski definition) is 9. The minimum absolute atomic E-state index is 0.133. The lowest BCUT2D eigenvalue weighted by atomic mass is 10.0. The predicted molar refractivity (Wildman–Crippen MR) is 165 cm³/mol. The Morgan fingerprint density at radius 2 is 1.45 bits per heavy atom. The van der Waals surface area contributed by atoms with Crippen molar-refractivity contribution in [3.05, 3.63) is 12.7 Å². The van der Waals surface area contributed by atoms with Gasteiger partial charge in [0.15, 0.2) is 11.2 Å². The third-order valence-electron chi connectivity index (χ3n) is 7.16. The molecule has 0 aromatic carbocycles. The van der Waals surface area contributed by atoms with Crippen LogP contribution in [0.4, 0.5) is 0 Å². The Labute approximate surface area is 252 Å². The third-order valence-corrected chi connectivity index (χ3v) is 8.22. The highest BCUT2D eigenvalue weighted by Gasteiger charge is 2.23. The third kappa shape index (κ3) is 15.7. The molecule has 0 aliphatic heterocycles. The summed E-state index contributed by atoms with van der Waals surface area (Å²) in [6.07, 6.45) is 21.3. The quantitative estimate of drug-likeness (QED) is 0.0797. The zero-order chi connectivity index (χ0) is 30.3. The van der Waals surface area contributed by atoms with Gasteiger partial charge in [-0.15, -0.1) is 0 Å². The lowest BCUT2D eigenvalue weighted by Gasteiger charge is -2.20. The van der Waals surface area contributed by atoms with Gasteiger partial charge in [0, 0.05) is 20.3 Å². The maximum atomic E-state index is 12.5. The van der Waals surface area contributed by atoms with Gasteiger partial charge in [-0.3, -0.25) is 4.57 Å². The van der Waals surface area contributed by atoms with E-state index in [0.717, 1.165) is 13.0 Å². The molecule has 2 rings (SSSR count). The molecule has 42 heavy (non-hydrogen) atoms. The van der Waals surface area contributed by atoms with E-state index in [0.29, 0.717) is 36.6 Å². The molecule has 2 aromatic heterocycles. The van der Waals surface area contributed by atoms with E-state index in [-0.39, 0.29) is 13.2 Å². The van der Waals surface area contributed by atoms with Crippen LogP contribution in [0.1, 0.15) is 103 Å². The Morgan fingerprint density at radius 1 is 0.833 bits per heavy atom. The largest absolute Gasteiger partial charge is 0.479 e. The second-order valence-corrected chi connectivity index (χ2v) is 12.6. The van der Waals surface area contributed by atoms with E-state index in [1.807, 2.05) is 0 Å². The van der Waals surface area contributed by atoms with E-state index in [9.17, 15) is 9.46 Å². The number of unbranched alkanes of at least 4 members (excludes halogenated alkanes) is 13. The van der Waals surface area contributed by atoms with Crippen molar-refractivity contribution in [3.63, 3.8) is 0 Å². The van der Waals surface area contributed by atoms with Crippen molar-refractivity contribution in [2.75, 3.05) is 47.0 Å². The van der Waals surface area contributed by atoms with Gasteiger partial charge in [-0.2, -0.15) is 4.98 Å². The van der Waals surface area contributed by atoms with Crippen LogP contribution in [0.15, 0.2) is 12.7 Å². The van der Waals surface area contributed by atoms with Crippen molar-refractivity contribution in [1.29, 1.82) is 0 Å². The number of imidazole rings is 1. The molecule has 2 aromatic rings. The Kier molecular flexibility index (Phi) is 19.9. The van der Waals surface area contributed by atoms with Crippen LogP contribution >= 0.6 is 7.60 Å². The number of rotatable bonds is 28. The summed E-state index contributed by atoms with van der Waals surface area (Å²) in [7, 11) is -0.857. The van der Waals surface area contributed by atoms with Gasteiger partial charge in [0.1, 0.15) is 12.7 Å². The van der Waals surface area contributed by atoms with Crippen LogP contribution in [0.2, 0.25) is 0 Å². The van der Waals surface area contributed by atoms with E-state index in [1.54, 1.807) is 18.0 Å². The molecule has 242 valence electrons. The number of aromatic nitrogens is 4. The molecule has 0 radical (unpaired) electrons. The second kappa shape index (κ2) is 22.9. The number of fused-ring (bicyclic) bond motifs is 1. The molecule has 1 unspecified atom stereocenters. The highest BCUT2D eigenvalue weighted by molar-refractivity contribution is 7.52. The summed E-state index contributed by atoms with van der Waals surface area (Å²) in [5, 5.41) is 0. The highest BCUT2D eigenvalue weighted by atomic mass is 31.2. The standard InChI is InChI=1S/C30H55N4O7P/c1-4-5-6-7-8-9-10-11-12-13-14-15-16-17-19-39-20-18-21-41-42(35,36)26-40-27(23-37-2)22-34-25-33-28-29(34)31-24-32-30(28)38-3/h24-25,27H,4-23,26H2,1-3H3,(H,35,36)/t27-/m1/s1. The molecule has 0 fully saturated rings. The smallest absolute Gasteiger partial charge is 0.353 e. The fraction of sp³-hybridized carbons (Fsp3) is 0.833. The molecule has 1 N–H and O–H groups in total. The Balaban J connectivity index is 1.47. The van der Waals surface area contributed by atoms with Crippen LogP contribution in [0.25, 0.3) is 11.2 Å². The van der Waals surface area contributed by atoms with Crippen LogP contribution in [0.3, 0.4) is 0 Å². The molecule has 2 atom stereocenters. The molecular weight excluding hydrogens is 559 g/mol. The van der Waals surface area contributed by atoms with Crippen LogP contribution in [-0.2, 0) is 29.8 Å². The molecular formula is C30H55N4O7P. The van der Waals surface area contributed by atoms with E-state index in [2.05, 4.69) is 21.9 Å². The van der Waals surface area contributed by atoms with Crippen molar-refractivity contribution in [2.45, 2.75) is 116 Å². The fourth-order valence-electron chi connectivity index (χ4n) is 4.81. The number of hydrogen-bond donors (Lipinski definition) is 1. The number of ether oxygens (including phenoxy) is 4. The van der Waals surface area contributed by atoms with E-state index in [1.165, 1.54) is 96.9 Å². The maximum absolute atomic E-state index is 12.5. The van der Waals surface area contributed by atoms with Crippen LogP contribution in [0, 0.1) is 0 Å². The average molecular weight is 615 g/mol. The first kappa shape index (κ1) is 36.6. The van der Waals surface area contributed by atoms with Crippen molar-refractivity contribution >= 4 is 18.8 Å². The van der Waals surface area contributed by atoms with Gasteiger partial charge in [-0.1, -0.05) is 90.4 Å². The predicted octanol–water partition coefficient (Wildman–Crippen LogP) is 6.91. The van der Waals surface area contributed by atoms with Crippen LogP contribution < -0.4 is 4.74 Å². The fourth-order valence-corrected chi connectivity index (χ4v) is 5.69. The summed E-state index contributed by atoms with van der Waals surface area (Å²) in [4.78, 5) is 22.8. The van der Waals surface area contributed by atoms with Crippen molar-refractivity contribution in [3.8, 4) is 5.88 Å². The van der Waals surface area contributed by atoms with E-state index in [4.69, 9.17) is 23.5 Å². The van der Waals surface area contributed by atoms with Crippen molar-refractivity contribution in [1.82, 2.24) is 19.5 Å². The van der Waals surface area contributed by atoms with Crippen molar-refractivity contribution in [2.24, 2.45) is 0 Å². The second-order valence-electron chi connectivity index (χ2n) is 10.9. The first-order chi connectivity index (χ1) is 20.5. The molecule has 0 saturated carbocycles. The zero-order valence-electron chi connectivity index (χ0n) is 26.2. The Bertz CT molecular complexity index is 994. The lowest BCUT2D eigenvalue weighted by molar-refractivity contribution is 0.00218. The molecule has 0 amide bonds. The molecule has 0 aliphatic rings. The van der Waals surface area contributed by atoms with Gasteiger partial charge < -0.3 is 32.9 Å². The molecule has 0 aliphatic carbocycles. The molecule has 11 nitrogen and oxygen atoms in total. The maximum Gasteiger partial charge on any atom is 0.353 e. The topological polar surface area (TPSA) is 127 Å². The van der Waals surface area contributed by atoms with Crippen LogP contribution in [0.5, 0.6) is 5.88 Å². The van der Waals surface area contributed by atoms with Gasteiger partial charge in [0.05, 0.1) is 39.3 Å². The number of methoxy groups -OCH3 is 2. The molecule has 0 bridgehead atoms. The van der Waals surface area contributed by atoms with Crippen molar-refractivity contribution < 1.29 is 32.9 Å². The number of nitrogens with zero attached hydrogens (tertiary/aromatic N) is 4. The Hall–Kier alpha value is -1.62. The highest BCUT2D eigenvalue weighted by Crippen LogP contribution is 2.42. The summed E-state index contributed by atoms with van der Waals surface area (Å²) in [6.45, 7) is 4.16. The van der Waals surface area contributed by atoms with Crippen LogP contribution in [-0.4, -0.2) is 77.5 Å². The summed E-state index contributed by atoms with van der Waals surface area (Å²) in [5.74, 6) is 0.375. The zero-order valence-corrected chi connectivity index (χ0v) is 27.1. The average Bonchev–Trinajstić information content (AvgIpc) is 3.40. The van der Waals surface area contributed by atoms with E-state index < -0.39 is 20.0 Å². The summed E-state index contributed by atoms with van der Waals surface area (Å²) in [5.41, 5.74) is 1.10. The normalized spacial score (nSPS) is 13.9. The summed E-state index contributed by atoms with van der Waals surface area (Å²) < 4.78 is 41.3. The molecule has 12 heteroatoms. The molecule has 0 spiro atoms. The van der Waals surface area contributed by atoms with Gasteiger partial charge in [0.2, 0.25) is 5.88 Å². The summed E-state index contributed by atoms with van der Waals surface area (Å²) >= 11 is 0. The van der Waals surface area contributed by atoms with Gasteiger partial charge in [-0.05, 0) is 12.8 Å². The minimum Gasteiger partial charge on any atom is -0.479 e. The lowest BCUT2D eigenvalue weighted by Crippen LogP contribution is -2.26. The first-order valence-corrected chi connectivity index (χ1v) is 17.6. The monoisotopic (exact) mass is 614 g/mol. The first-order valence-electron chi connectivity index (χ1n) is 15.8. The summed E-state index contributed by atoms with van der Waals surface area (Å²) in [6, 6.07) is 0. The minimum atomic E-state index is -3.92. The van der Waals surface area contributed by atoms with Gasteiger partial charge >= 0.3 is 7.60 Å². The molecule has 2 heterocycles.